The summed E-state index contributed by atoms with van der Waals surface area (Å²) in [6.45, 7) is 9.53. The van der Waals surface area contributed by atoms with Crippen molar-refractivity contribution in [1.29, 1.82) is 0 Å². The third-order valence-corrected chi connectivity index (χ3v) is 6.67. The molecule has 7 heteroatoms. The Morgan fingerprint density at radius 2 is 2.03 bits per heavy atom. The number of thiophene rings is 1. The third-order valence-electron chi connectivity index (χ3n) is 4.69. The molecule has 3 rings (SSSR count). The third kappa shape index (κ3) is 8.85. The SMILES string of the molecule is CCC.CCCC(C)CC(CN)NC.O=Cc1cc(Br)c(-c2ccnc3[nH]ccc23)s1. The summed E-state index contributed by atoms with van der Waals surface area (Å²) in [6, 6.07) is 6.30. The van der Waals surface area contributed by atoms with E-state index in [1.54, 1.807) is 6.20 Å². The van der Waals surface area contributed by atoms with Crippen LogP contribution in [-0.4, -0.2) is 35.9 Å². The van der Waals surface area contributed by atoms with Crippen LogP contribution in [0, 0.1) is 5.92 Å². The number of aromatic amines is 1. The van der Waals surface area contributed by atoms with Crippen molar-refractivity contribution in [3.05, 3.63) is 39.9 Å². The van der Waals surface area contributed by atoms with E-state index in [1.165, 1.54) is 37.0 Å². The van der Waals surface area contributed by atoms with E-state index in [-0.39, 0.29) is 0 Å². The minimum absolute atomic E-state index is 0.511. The van der Waals surface area contributed by atoms with Crippen LogP contribution >= 0.6 is 27.3 Å². The number of fused-ring (bicyclic) bond motifs is 1. The minimum Gasteiger partial charge on any atom is -0.346 e. The monoisotopic (exact) mass is 508 g/mol. The van der Waals surface area contributed by atoms with Gasteiger partial charge in [0, 0.05) is 45.3 Å². The predicted octanol–water partition coefficient (Wildman–Crippen LogP) is 6.64. The number of halogens is 1. The zero-order valence-corrected chi connectivity index (χ0v) is 21.8. The van der Waals surface area contributed by atoms with Crippen LogP contribution in [0.1, 0.15) is 63.0 Å². The second-order valence-corrected chi connectivity index (χ2v) is 9.54. The smallest absolute Gasteiger partial charge is 0.160 e. The molecule has 5 nitrogen and oxygen atoms in total. The maximum Gasteiger partial charge on any atom is 0.160 e. The van der Waals surface area contributed by atoms with Gasteiger partial charge in [0.05, 0.1) is 4.88 Å². The highest BCUT2D eigenvalue weighted by molar-refractivity contribution is 9.10. The summed E-state index contributed by atoms with van der Waals surface area (Å²) >= 11 is 4.96. The van der Waals surface area contributed by atoms with Gasteiger partial charge in [0.15, 0.2) is 6.29 Å². The van der Waals surface area contributed by atoms with Crippen LogP contribution in [0.2, 0.25) is 0 Å². The fourth-order valence-electron chi connectivity index (χ4n) is 3.22. The Labute approximate surface area is 199 Å². The zero-order chi connectivity index (χ0) is 23.2. The number of rotatable bonds is 8. The molecule has 0 radical (unpaired) electrons. The lowest BCUT2D eigenvalue weighted by molar-refractivity contribution is 0.112. The molecule has 4 N–H and O–H groups in total. The molecule has 0 aliphatic carbocycles. The number of likely N-dealkylation sites (N-methyl/N-ethyl adjacent to an activating group) is 1. The first-order valence-corrected chi connectivity index (χ1v) is 12.6. The van der Waals surface area contributed by atoms with Gasteiger partial charge in [0.25, 0.3) is 0 Å². The van der Waals surface area contributed by atoms with Crippen molar-refractivity contribution >= 4 is 44.6 Å². The molecule has 3 heterocycles. The van der Waals surface area contributed by atoms with Crippen molar-refractivity contribution in [2.45, 2.75) is 59.4 Å². The lowest BCUT2D eigenvalue weighted by Crippen LogP contribution is -2.34. The lowest BCUT2D eigenvalue weighted by atomic mass is 9.97. The number of carbonyl (C=O) groups is 1. The summed E-state index contributed by atoms with van der Waals surface area (Å²) in [5.74, 6) is 0.806. The van der Waals surface area contributed by atoms with Gasteiger partial charge in [-0.15, -0.1) is 11.3 Å². The second-order valence-electron chi connectivity index (χ2n) is 7.60. The number of aldehydes is 1. The largest absolute Gasteiger partial charge is 0.346 e. The molecule has 0 amide bonds. The molecule has 3 aromatic heterocycles. The van der Waals surface area contributed by atoms with E-state index in [0.29, 0.717) is 10.9 Å². The molecular formula is C24H37BrN4OS. The molecule has 0 aromatic carbocycles. The Morgan fingerprint density at radius 3 is 2.58 bits per heavy atom. The summed E-state index contributed by atoms with van der Waals surface area (Å²) in [5.41, 5.74) is 7.51. The number of hydrogen-bond donors (Lipinski definition) is 3. The summed E-state index contributed by atoms with van der Waals surface area (Å²) in [4.78, 5) is 19.9. The van der Waals surface area contributed by atoms with Gasteiger partial charge in [-0.3, -0.25) is 4.79 Å². The summed E-state index contributed by atoms with van der Waals surface area (Å²) in [5, 5.41) is 4.28. The molecule has 2 unspecified atom stereocenters. The average molecular weight is 510 g/mol. The van der Waals surface area contributed by atoms with E-state index >= 15 is 0 Å². The topological polar surface area (TPSA) is 83.8 Å². The first-order valence-electron chi connectivity index (χ1n) is 11.0. The van der Waals surface area contributed by atoms with Gasteiger partial charge in [-0.1, -0.05) is 47.0 Å². The molecule has 0 saturated heterocycles. The van der Waals surface area contributed by atoms with Crippen molar-refractivity contribution in [3.8, 4) is 10.4 Å². The standard InChI is InChI=1S/C12H7BrN2OS.C9H22N2.C3H8/c13-10-5-7(6-16)17-11(10)8-1-3-14-12-9(8)2-4-15-12;1-4-5-8(2)6-9(7-10)11-3;1-3-2/h1-6H,(H,14,15);8-9,11H,4-7,10H2,1-3H3;3H2,1-2H3. The average Bonchev–Trinajstić information content (AvgIpc) is 3.39. The van der Waals surface area contributed by atoms with E-state index in [0.717, 1.165) is 44.7 Å². The zero-order valence-electron chi connectivity index (χ0n) is 19.4. The normalized spacial score (nSPS) is 12.4. The molecule has 0 aliphatic heterocycles. The molecule has 2 atom stereocenters. The Hall–Kier alpha value is -1.54. The van der Waals surface area contributed by atoms with Crippen molar-refractivity contribution in [2.75, 3.05) is 13.6 Å². The lowest BCUT2D eigenvalue weighted by Gasteiger charge is -2.18. The molecule has 0 fully saturated rings. The van der Waals surface area contributed by atoms with Crippen LogP contribution in [0.5, 0.6) is 0 Å². The maximum absolute atomic E-state index is 10.8. The summed E-state index contributed by atoms with van der Waals surface area (Å²) < 4.78 is 0.943. The number of carbonyl (C=O) groups excluding carboxylic acids is 1. The highest BCUT2D eigenvalue weighted by Crippen LogP contribution is 2.38. The molecule has 31 heavy (non-hydrogen) atoms. The number of nitrogens with one attached hydrogen (secondary N) is 2. The molecule has 3 aromatic rings. The number of nitrogens with zero attached hydrogens (tertiary/aromatic N) is 1. The number of H-pyrrole nitrogens is 1. The Kier molecular flexibility index (Phi) is 13.6. The minimum atomic E-state index is 0.511. The Balaban J connectivity index is 0.000000299. The highest BCUT2D eigenvalue weighted by Gasteiger charge is 2.12. The van der Waals surface area contributed by atoms with Crippen molar-refractivity contribution in [1.82, 2.24) is 15.3 Å². The van der Waals surface area contributed by atoms with Crippen LogP contribution in [-0.2, 0) is 0 Å². The highest BCUT2D eigenvalue weighted by atomic mass is 79.9. The van der Waals surface area contributed by atoms with Gasteiger partial charge in [-0.2, -0.15) is 0 Å². The predicted molar refractivity (Wildman–Crippen MR) is 139 cm³/mol. The molecule has 172 valence electrons. The number of nitrogens with two attached hydrogens (primary N) is 1. The van der Waals surface area contributed by atoms with E-state index in [9.17, 15) is 4.79 Å². The van der Waals surface area contributed by atoms with Crippen LogP contribution in [0.15, 0.2) is 35.1 Å². The molecule has 0 spiro atoms. The number of aromatic nitrogens is 2. The van der Waals surface area contributed by atoms with Gasteiger partial charge in [-0.25, -0.2) is 4.98 Å². The van der Waals surface area contributed by atoms with Crippen LogP contribution < -0.4 is 11.1 Å². The van der Waals surface area contributed by atoms with E-state index in [1.807, 2.05) is 31.4 Å². The van der Waals surface area contributed by atoms with Gasteiger partial charge in [0.1, 0.15) is 5.65 Å². The van der Waals surface area contributed by atoms with Gasteiger partial charge < -0.3 is 16.0 Å². The molecule has 0 saturated carbocycles. The van der Waals surface area contributed by atoms with Crippen LogP contribution in [0.3, 0.4) is 0 Å². The number of pyridine rings is 1. The summed E-state index contributed by atoms with van der Waals surface area (Å²) in [7, 11) is 1.98. The molecular weight excluding hydrogens is 472 g/mol. The molecule has 0 aliphatic rings. The fourth-order valence-corrected chi connectivity index (χ4v) is 4.97. The quantitative estimate of drug-likeness (QED) is 0.297. The Morgan fingerprint density at radius 1 is 1.32 bits per heavy atom. The van der Waals surface area contributed by atoms with E-state index < -0.39 is 0 Å². The first-order chi connectivity index (χ1) is 14.9. The van der Waals surface area contributed by atoms with E-state index in [2.05, 4.69) is 58.9 Å². The Bertz CT molecular complexity index is 889. The van der Waals surface area contributed by atoms with Crippen molar-refractivity contribution < 1.29 is 4.79 Å². The maximum atomic E-state index is 10.8. The van der Waals surface area contributed by atoms with Gasteiger partial charge in [0.2, 0.25) is 0 Å². The van der Waals surface area contributed by atoms with Crippen LogP contribution in [0.25, 0.3) is 21.5 Å². The van der Waals surface area contributed by atoms with Crippen molar-refractivity contribution in [3.63, 3.8) is 0 Å². The fraction of sp³-hybridized carbons (Fsp3) is 0.500. The van der Waals surface area contributed by atoms with Gasteiger partial charge in [-0.05, 0) is 53.5 Å². The van der Waals surface area contributed by atoms with E-state index in [4.69, 9.17) is 5.73 Å². The summed E-state index contributed by atoms with van der Waals surface area (Å²) in [6.07, 6.45) is 9.56. The molecule has 0 bridgehead atoms. The number of hydrogen-bond acceptors (Lipinski definition) is 5. The van der Waals surface area contributed by atoms with Gasteiger partial charge >= 0.3 is 0 Å². The second kappa shape index (κ2) is 15.3. The van der Waals surface area contributed by atoms with Crippen LogP contribution in [0.4, 0.5) is 0 Å². The first kappa shape index (κ1) is 27.5. The van der Waals surface area contributed by atoms with Crippen molar-refractivity contribution in [2.24, 2.45) is 11.7 Å².